The number of fused-ring (bicyclic) bond motifs is 1. The minimum absolute atomic E-state index is 0.717. The minimum atomic E-state index is 0.717. The quantitative estimate of drug-likeness (QED) is 0.779. The molecule has 0 aliphatic carbocycles. The van der Waals surface area contributed by atoms with Crippen LogP contribution in [0.3, 0.4) is 0 Å². The van der Waals surface area contributed by atoms with Gasteiger partial charge in [0, 0.05) is 30.0 Å². The summed E-state index contributed by atoms with van der Waals surface area (Å²) in [6, 6.07) is 12.3. The van der Waals surface area contributed by atoms with Gasteiger partial charge in [-0.1, -0.05) is 18.2 Å². The molecule has 0 spiro atoms. The first kappa shape index (κ1) is 11.7. The summed E-state index contributed by atoms with van der Waals surface area (Å²) in [6.45, 7) is 2.73. The van der Waals surface area contributed by atoms with Gasteiger partial charge in [-0.2, -0.15) is 5.10 Å². The third-order valence-electron chi connectivity index (χ3n) is 3.07. The van der Waals surface area contributed by atoms with E-state index in [2.05, 4.69) is 27.5 Å². The number of nitrogens with zero attached hydrogens (tertiary/aromatic N) is 3. The van der Waals surface area contributed by atoms with Crippen molar-refractivity contribution in [2.45, 2.75) is 13.5 Å². The normalized spacial score (nSPS) is 10.8. The third kappa shape index (κ3) is 2.42. The summed E-state index contributed by atoms with van der Waals surface area (Å²) in [6.07, 6.45) is 1.95. The number of aromatic nitrogens is 3. The van der Waals surface area contributed by atoms with Crippen molar-refractivity contribution >= 4 is 16.6 Å². The molecule has 3 rings (SSSR count). The van der Waals surface area contributed by atoms with E-state index in [0.717, 1.165) is 28.0 Å². The van der Waals surface area contributed by atoms with Crippen LogP contribution in [0.4, 0.5) is 5.69 Å². The Morgan fingerprint density at radius 1 is 1.21 bits per heavy atom. The van der Waals surface area contributed by atoms with Crippen molar-refractivity contribution in [3.8, 4) is 0 Å². The molecule has 0 aliphatic rings. The first-order valence-electron chi connectivity index (χ1n) is 6.31. The maximum Gasteiger partial charge on any atom is 0.0815 e. The highest BCUT2D eigenvalue weighted by atomic mass is 15.3. The van der Waals surface area contributed by atoms with Crippen molar-refractivity contribution < 1.29 is 0 Å². The first-order valence-corrected chi connectivity index (χ1v) is 6.31. The van der Waals surface area contributed by atoms with Gasteiger partial charge in [-0.15, -0.1) is 0 Å². The van der Waals surface area contributed by atoms with E-state index in [9.17, 15) is 0 Å². The molecule has 4 nitrogen and oxygen atoms in total. The van der Waals surface area contributed by atoms with Crippen molar-refractivity contribution in [3.63, 3.8) is 0 Å². The van der Waals surface area contributed by atoms with Gasteiger partial charge in [0.2, 0.25) is 0 Å². The van der Waals surface area contributed by atoms with E-state index < -0.39 is 0 Å². The Balaban J connectivity index is 1.91. The highest BCUT2D eigenvalue weighted by Gasteiger charge is 2.04. The fourth-order valence-electron chi connectivity index (χ4n) is 2.20. The lowest BCUT2D eigenvalue weighted by Gasteiger charge is -2.09. The summed E-state index contributed by atoms with van der Waals surface area (Å²) in [5.74, 6) is 0. The van der Waals surface area contributed by atoms with Crippen LogP contribution >= 0.6 is 0 Å². The van der Waals surface area contributed by atoms with E-state index in [1.165, 1.54) is 0 Å². The zero-order chi connectivity index (χ0) is 13.2. The smallest absolute Gasteiger partial charge is 0.0815 e. The molecule has 2 aromatic heterocycles. The van der Waals surface area contributed by atoms with Gasteiger partial charge in [-0.3, -0.25) is 9.67 Å². The standard InChI is InChI=1S/C15H16N4/c1-11-9-15(13-5-3-4-6-14(13)17-11)16-10-12-7-8-19(2)18-12/h3-9H,10H2,1-2H3,(H,16,17). The highest BCUT2D eigenvalue weighted by molar-refractivity contribution is 5.91. The van der Waals surface area contributed by atoms with Crippen LogP contribution < -0.4 is 5.32 Å². The van der Waals surface area contributed by atoms with Crippen LogP contribution in [0.15, 0.2) is 42.6 Å². The molecule has 0 aliphatic heterocycles. The van der Waals surface area contributed by atoms with Crippen LogP contribution in [0.25, 0.3) is 10.9 Å². The zero-order valence-corrected chi connectivity index (χ0v) is 11.1. The average Bonchev–Trinajstić information content (AvgIpc) is 2.81. The summed E-state index contributed by atoms with van der Waals surface area (Å²) in [5.41, 5.74) is 4.17. The molecule has 1 N–H and O–H groups in total. The average molecular weight is 252 g/mol. The molecule has 0 atom stereocenters. The van der Waals surface area contributed by atoms with Gasteiger partial charge in [-0.05, 0) is 25.1 Å². The Morgan fingerprint density at radius 3 is 2.84 bits per heavy atom. The fourth-order valence-corrected chi connectivity index (χ4v) is 2.20. The summed E-state index contributed by atoms with van der Waals surface area (Å²) in [7, 11) is 1.93. The molecular formula is C15H16N4. The van der Waals surface area contributed by atoms with Crippen LogP contribution in [-0.2, 0) is 13.6 Å². The number of benzene rings is 1. The van der Waals surface area contributed by atoms with Gasteiger partial charge in [0.15, 0.2) is 0 Å². The monoisotopic (exact) mass is 252 g/mol. The second-order valence-corrected chi connectivity index (χ2v) is 4.66. The van der Waals surface area contributed by atoms with Gasteiger partial charge in [0.25, 0.3) is 0 Å². The van der Waals surface area contributed by atoms with E-state index in [-0.39, 0.29) is 0 Å². The highest BCUT2D eigenvalue weighted by Crippen LogP contribution is 2.23. The number of para-hydroxylation sites is 1. The molecule has 0 fully saturated rings. The summed E-state index contributed by atoms with van der Waals surface area (Å²) in [5, 5.41) is 8.95. The maximum absolute atomic E-state index is 4.54. The molecule has 2 heterocycles. The van der Waals surface area contributed by atoms with Gasteiger partial charge < -0.3 is 5.32 Å². The van der Waals surface area contributed by atoms with E-state index in [1.807, 2.05) is 49.1 Å². The number of aryl methyl sites for hydroxylation is 2. The second-order valence-electron chi connectivity index (χ2n) is 4.66. The molecule has 0 amide bonds. The van der Waals surface area contributed by atoms with Crippen molar-refractivity contribution in [2.24, 2.45) is 7.05 Å². The van der Waals surface area contributed by atoms with Crippen molar-refractivity contribution in [1.29, 1.82) is 0 Å². The predicted molar refractivity (Wildman–Crippen MR) is 77.0 cm³/mol. The molecule has 1 aromatic carbocycles. The minimum Gasteiger partial charge on any atom is -0.379 e. The molecular weight excluding hydrogens is 236 g/mol. The summed E-state index contributed by atoms with van der Waals surface area (Å²) in [4.78, 5) is 4.54. The molecule has 19 heavy (non-hydrogen) atoms. The van der Waals surface area contributed by atoms with Crippen LogP contribution in [0.5, 0.6) is 0 Å². The summed E-state index contributed by atoms with van der Waals surface area (Å²) >= 11 is 0. The molecule has 0 radical (unpaired) electrons. The third-order valence-corrected chi connectivity index (χ3v) is 3.07. The first-order chi connectivity index (χ1) is 9.22. The van der Waals surface area contributed by atoms with E-state index in [1.54, 1.807) is 0 Å². The number of anilines is 1. The SMILES string of the molecule is Cc1cc(NCc2ccn(C)n2)c2ccccc2n1. The Kier molecular flexibility index (Phi) is 2.91. The molecule has 0 saturated carbocycles. The summed E-state index contributed by atoms with van der Waals surface area (Å²) < 4.78 is 1.81. The topological polar surface area (TPSA) is 42.7 Å². The van der Waals surface area contributed by atoms with Gasteiger partial charge in [0.1, 0.15) is 0 Å². The molecule has 0 saturated heterocycles. The molecule has 3 aromatic rings. The predicted octanol–water partition coefficient (Wildman–Crippen LogP) is 2.89. The van der Waals surface area contributed by atoms with Crippen molar-refractivity contribution in [2.75, 3.05) is 5.32 Å². The number of rotatable bonds is 3. The van der Waals surface area contributed by atoms with E-state index in [0.29, 0.717) is 6.54 Å². The zero-order valence-electron chi connectivity index (χ0n) is 11.1. The maximum atomic E-state index is 4.54. The van der Waals surface area contributed by atoms with Crippen LogP contribution in [0.2, 0.25) is 0 Å². The van der Waals surface area contributed by atoms with Crippen LogP contribution in [0.1, 0.15) is 11.4 Å². The Bertz CT molecular complexity index is 715. The lowest BCUT2D eigenvalue weighted by atomic mass is 10.1. The number of nitrogens with one attached hydrogen (secondary N) is 1. The lowest BCUT2D eigenvalue weighted by Crippen LogP contribution is -2.02. The van der Waals surface area contributed by atoms with E-state index in [4.69, 9.17) is 0 Å². The van der Waals surface area contributed by atoms with Crippen molar-refractivity contribution in [3.05, 3.63) is 54.0 Å². The largest absolute Gasteiger partial charge is 0.379 e. The van der Waals surface area contributed by atoms with Gasteiger partial charge >= 0.3 is 0 Å². The van der Waals surface area contributed by atoms with Gasteiger partial charge in [0.05, 0.1) is 17.8 Å². The molecule has 0 bridgehead atoms. The molecule has 4 heteroatoms. The Labute approximate surface area is 112 Å². The molecule has 96 valence electrons. The number of pyridine rings is 1. The Hall–Kier alpha value is -2.36. The number of hydrogen-bond donors (Lipinski definition) is 1. The van der Waals surface area contributed by atoms with Gasteiger partial charge in [-0.25, -0.2) is 0 Å². The van der Waals surface area contributed by atoms with E-state index >= 15 is 0 Å². The lowest BCUT2D eigenvalue weighted by molar-refractivity contribution is 0.747. The Morgan fingerprint density at radius 2 is 2.05 bits per heavy atom. The van der Waals surface area contributed by atoms with Crippen LogP contribution in [0, 0.1) is 6.92 Å². The van der Waals surface area contributed by atoms with Crippen LogP contribution in [-0.4, -0.2) is 14.8 Å². The second kappa shape index (κ2) is 4.72. The number of hydrogen-bond acceptors (Lipinski definition) is 3. The fraction of sp³-hybridized carbons (Fsp3) is 0.200. The molecule has 0 unspecified atom stereocenters. The van der Waals surface area contributed by atoms with Crippen molar-refractivity contribution in [1.82, 2.24) is 14.8 Å².